The zero-order valence-corrected chi connectivity index (χ0v) is 15.8. The summed E-state index contributed by atoms with van der Waals surface area (Å²) in [7, 11) is 0. The molecule has 1 saturated heterocycles. The first-order valence-corrected chi connectivity index (χ1v) is 10.2. The molecule has 26 heavy (non-hydrogen) atoms. The molecule has 0 bridgehead atoms. The predicted octanol–water partition coefficient (Wildman–Crippen LogP) is 3.43. The van der Waals surface area contributed by atoms with E-state index in [0.29, 0.717) is 6.54 Å². The Balaban J connectivity index is 1.47. The lowest BCUT2D eigenvalue weighted by atomic mass is 10.2. The molecule has 0 unspecified atom stereocenters. The number of nitrogens with one attached hydrogen (secondary N) is 1. The van der Waals surface area contributed by atoms with Crippen LogP contribution in [0.2, 0.25) is 0 Å². The molecule has 4 nitrogen and oxygen atoms in total. The fourth-order valence-electron chi connectivity index (χ4n) is 2.94. The number of carbonyl (C=O) groups excluding carboxylic acids is 1. The number of rotatable bonds is 8. The summed E-state index contributed by atoms with van der Waals surface area (Å²) in [5.41, 5.74) is 2.03. The average Bonchev–Trinajstić information content (AvgIpc) is 2.71. The van der Waals surface area contributed by atoms with Gasteiger partial charge in [0.05, 0.1) is 18.8 Å². The van der Waals surface area contributed by atoms with E-state index in [1.54, 1.807) is 11.8 Å². The molecule has 0 spiro atoms. The number of carbonyl (C=O) groups is 1. The molecule has 1 fully saturated rings. The number of benzene rings is 2. The van der Waals surface area contributed by atoms with E-state index in [1.807, 2.05) is 42.5 Å². The van der Waals surface area contributed by atoms with Gasteiger partial charge in [-0.25, -0.2) is 0 Å². The second kappa shape index (κ2) is 10.4. The fourth-order valence-corrected chi connectivity index (χ4v) is 3.95. The van der Waals surface area contributed by atoms with Crippen molar-refractivity contribution >= 4 is 17.7 Å². The number of hydrogen-bond donors (Lipinski definition) is 1. The highest BCUT2D eigenvalue weighted by Crippen LogP contribution is 2.26. The van der Waals surface area contributed by atoms with E-state index in [1.165, 1.54) is 5.56 Å². The van der Waals surface area contributed by atoms with E-state index in [-0.39, 0.29) is 5.91 Å². The lowest BCUT2D eigenvalue weighted by Gasteiger charge is -2.26. The first-order valence-electron chi connectivity index (χ1n) is 9.17. The molecule has 2 aromatic rings. The third-order valence-electron chi connectivity index (χ3n) is 4.41. The van der Waals surface area contributed by atoms with Crippen molar-refractivity contribution in [1.82, 2.24) is 10.2 Å². The van der Waals surface area contributed by atoms with Gasteiger partial charge in [0.25, 0.3) is 5.91 Å². The summed E-state index contributed by atoms with van der Waals surface area (Å²) < 4.78 is 5.36. The molecule has 2 aromatic carbocycles. The monoisotopic (exact) mass is 370 g/mol. The summed E-state index contributed by atoms with van der Waals surface area (Å²) in [6.45, 7) is 5.33. The largest absolute Gasteiger partial charge is 0.379 e. The molecule has 1 N–H and O–H groups in total. The Morgan fingerprint density at radius 2 is 1.77 bits per heavy atom. The van der Waals surface area contributed by atoms with Crippen LogP contribution in [0, 0.1) is 0 Å². The Morgan fingerprint density at radius 1 is 1.04 bits per heavy atom. The van der Waals surface area contributed by atoms with Crippen LogP contribution >= 0.6 is 11.8 Å². The Bertz CT molecular complexity index is 687. The number of nitrogens with zero attached hydrogens (tertiary/aromatic N) is 1. The maximum Gasteiger partial charge on any atom is 0.252 e. The smallest absolute Gasteiger partial charge is 0.252 e. The molecule has 0 saturated carbocycles. The molecule has 0 atom stereocenters. The summed E-state index contributed by atoms with van der Waals surface area (Å²) >= 11 is 1.71. The van der Waals surface area contributed by atoms with Gasteiger partial charge in [-0.1, -0.05) is 42.5 Å². The van der Waals surface area contributed by atoms with Crippen molar-refractivity contribution in [3.63, 3.8) is 0 Å². The van der Waals surface area contributed by atoms with Gasteiger partial charge in [0.2, 0.25) is 0 Å². The van der Waals surface area contributed by atoms with Gasteiger partial charge in [0.15, 0.2) is 0 Å². The highest BCUT2D eigenvalue weighted by atomic mass is 32.2. The predicted molar refractivity (Wildman–Crippen MR) is 107 cm³/mol. The number of hydrogen-bond acceptors (Lipinski definition) is 4. The van der Waals surface area contributed by atoms with Crippen LogP contribution < -0.4 is 5.32 Å². The molecule has 0 aromatic heterocycles. The summed E-state index contributed by atoms with van der Waals surface area (Å²) in [6, 6.07) is 18.2. The Kier molecular flexibility index (Phi) is 7.55. The first kappa shape index (κ1) is 19.0. The maximum atomic E-state index is 12.6. The highest BCUT2D eigenvalue weighted by molar-refractivity contribution is 7.98. The van der Waals surface area contributed by atoms with Gasteiger partial charge in [0.1, 0.15) is 0 Å². The Hall–Kier alpha value is -1.82. The van der Waals surface area contributed by atoms with E-state index in [2.05, 4.69) is 22.3 Å². The quantitative estimate of drug-likeness (QED) is 0.571. The first-order chi connectivity index (χ1) is 12.8. The number of amides is 1. The van der Waals surface area contributed by atoms with Crippen LogP contribution in [0.25, 0.3) is 0 Å². The van der Waals surface area contributed by atoms with E-state index < -0.39 is 0 Å². The van der Waals surface area contributed by atoms with Gasteiger partial charge >= 0.3 is 0 Å². The Labute approximate surface area is 159 Å². The lowest BCUT2D eigenvalue weighted by Crippen LogP contribution is -2.38. The molecule has 5 heteroatoms. The molecule has 1 heterocycles. The normalized spacial score (nSPS) is 14.9. The van der Waals surface area contributed by atoms with Crippen molar-refractivity contribution in [2.24, 2.45) is 0 Å². The van der Waals surface area contributed by atoms with Gasteiger partial charge < -0.3 is 10.1 Å². The van der Waals surface area contributed by atoms with E-state index >= 15 is 0 Å². The summed E-state index contributed by atoms with van der Waals surface area (Å²) in [5.74, 6) is 0.880. The molecule has 0 radical (unpaired) electrons. The molecular formula is C21H26N2O2S. The topological polar surface area (TPSA) is 41.6 Å². The number of thioether (sulfide) groups is 1. The third-order valence-corrected chi connectivity index (χ3v) is 5.55. The van der Waals surface area contributed by atoms with Crippen molar-refractivity contribution in [1.29, 1.82) is 0 Å². The van der Waals surface area contributed by atoms with E-state index in [0.717, 1.165) is 55.5 Å². The Morgan fingerprint density at radius 3 is 2.58 bits per heavy atom. The minimum atomic E-state index is 0.0168. The third kappa shape index (κ3) is 5.87. The van der Waals surface area contributed by atoms with Gasteiger partial charge in [-0.2, -0.15) is 0 Å². The van der Waals surface area contributed by atoms with E-state index in [4.69, 9.17) is 4.74 Å². The van der Waals surface area contributed by atoms with Crippen molar-refractivity contribution in [3.05, 3.63) is 65.7 Å². The average molecular weight is 371 g/mol. The molecule has 3 rings (SSSR count). The van der Waals surface area contributed by atoms with E-state index in [9.17, 15) is 4.79 Å². The summed E-state index contributed by atoms with van der Waals surface area (Å²) in [5, 5.41) is 3.07. The van der Waals surface area contributed by atoms with Crippen LogP contribution in [0.4, 0.5) is 0 Å². The molecule has 0 aliphatic carbocycles. The van der Waals surface area contributed by atoms with Crippen molar-refractivity contribution in [3.8, 4) is 0 Å². The molecular weight excluding hydrogens is 344 g/mol. The van der Waals surface area contributed by atoms with Gasteiger partial charge in [-0.3, -0.25) is 9.69 Å². The maximum absolute atomic E-state index is 12.6. The van der Waals surface area contributed by atoms with Crippen LogP contribution in [0.15, 0.2) is 59.5 Å². The van der Waals surface area contributed by atoms with Crippen LogP contribution in [-0.4, -0.2) is 50.2 Å². The number of ether oxygens (including phenoxy) is 1. The molecule has 138 valence electrons. The van der Waals surface area contributed by atoms with Gasteiger partial charge in [-0.05, 0) is 30.7 Å². The summed E-state index contributed by atoms with van der Waals surface area (Å²) in [6.07, 6.45) is 0.963. The minimum Gasteiger partial charge on any atom is -0.379 e. The molecule has 1 amide bonds. The highest BCUT2D eigenvalue weighted by Gasteiger charge is 2.12. The van der Waals surface area contributed by atoms with Crippen molar-refractivity contribution < 1.29 is 9.53 Å². The zero-order valence-electron chi connectivity index (χ0n) is 15.0. The lowest BCUT2D eigenvalue weighted by molar-refractivity contribution is 0.0374. The molecule has 1 aliphatic heterocycles. The number of morpholine rings is 1. The van der Waals surface area contributed by atoms with Gasteiger partial charge in [0, 0.05) is 30.3 Å². The van der Waals surface area contributed by atoms with Crippen LogP contribution in [0.3, 0.4) is 0 Å². The summed E-state index contributed by atoms with van der Waals surface area (Å²) in [4.78, 5) is 16.0. The second-order valence-electron chi connectivity index (χ2n) is 6.33. The zero-order chi connectivity index (χ0) is 18.0. The fraction of sp³-hybridized carbons (Fsp3) is 0.381. The van der Waals surface area contributed by atoms with Crippen LogP contribution in [0.1, 0.15) is 22.3 Å². The van der Waals surface area contributed by atoms with Crippen molar-refractivity contribution in [2.45, 2.75) is 17.1 Å². The van der Waals surface area contributed by atoms with Crippen LogP contribution in [0.5, 0.6) is 0 Å². The standard InChI is InChI=1S/C21H26N2O2S/c24-21(22-11-6-12-23-13-15-25-16-14-23)19-9-4-5-10-20(19)26-17-18-7-2-1-3-8-18/h1-5,7-10H,6,11-17H2,(H,22,24). The SMILES string of the molecule is O=C(NCCCN1CCOCC1)c1ccccc1SCc1ccccc1. The van der Waals surface area contributed by atoms with Gasteiger partial charge in [-0.15, -0.1) is 11.8 Å². The van der Waals surface area contributed by atoms with Crippen molar-refractivity contribution in [2.75, 3.05) is 39.4 Å². The second-order valence-corrected chi connectivity index (χ2v) is 7.35. The minimum absolute atomic E-state index is 0.0168. The van der Waals surface area contributed by atoms with Crippen LogP contribution in [-0.2, 0) is 10.5 Å². The molecule has 1 aliphatic rings.